The lowest BCUT2D eigenvalue weighted by atomic mass is 10.2. The van der Waals surface area contributed by atoms with Crippen LogP contribution in [0, 0.1) is 0 Å². The fraction of sp³-hybridized carbons (Fsp3) is 0.0667. The summed E-state index contributed by atoms with van der Waals surface area (Å²) in [7, 11) is 0. The molecule has 0 radical (unpaired) electrons. The Bertz CT molecular complexity index is 814. The van der Waals surface area contributed by atoms with Crippen molar-refractivity contribution in [2.75, 3.05) is 0 Å². The molecule has 5 nitrogen and oxygen atoms in total. The molecule has 106 valence electrons. The van der Waals surface area contributed by atoms with Gasteiger partial charge in [0, 0.05) is 23.0 Å². The molecule has 2 heterocycles. The molecule has 1 aromatic carbocycles. The highest BCUT2D eigenvalue weighted by molar-refractivity contribution is 6.30. The van der Waals surface area contributed by atoms with Crippen molar-refractivity contribution in [1.82, 2.24) is 14.7 Å². The zero-order valence-corrected chi connectivity index (χ0v) is 11.7. The minimum absolute atomic E-state index is 0.102. The van der Waals surface area contributed by atoms with E-state index in [0.29, 0.717) is 21.9 Å². The van der Waals surface area contributed by atoms with Crippen LogP contribution in [0.4, 0.5) is 0 Å². The quantitative estimate of drug-likeness (QED) is 0.781. The van der Waals surface area contributed by atoms with Crippen LogP contribution in [-0.2, 0) is 6.54 Å². The number of aromatic hydroxyl groups is 1. The van der Waals surface area contributed by atoms with E-state index in [9.17, 15) is 9.90 Å². The van der Waals surface area contributed by atoms with Crippen molar-refractivity contribution in [1.29, 1.82) is 0 Å². The summed E-state index contributed by atoms with van der Waals surface area (Å²) in [6, 6.07) is 10.0. The fourth-order valence-electron chi connectivity index (χ4n) is 2.04. The zero-order valence-electron chi connectivity index (χ0n) is 11.0. The molecule has 0 aliphatic carbocycles. The molecule has 0 bridgehead atoms. The highest BCUT2D eigenvalue weighted by Gasteiger charge is 2.08. The predicted octanol–water partition coefficient (Wildman–Crippen LogP) is 2.62. The minimum atomic E-state index is -0.223. The maximum Gasteiger partial charge on any atom is 0.251 e. The highest BCUT2D eigenvalue weighted by Crippen LogP contribution is 2.16. The number of fused-ring (bicyclic) bond motifs is 1. The Morgan fingerprint density at radius 3 is 2.95 bits per heavy atom. The zero-order chi connectivity index (χ0) is 14.8. The van der Waals surface area contributed by atoms with Gasteiger partial charge in [0.15, 0.2) is 11.4 Å². The molecule has 0 saturated heterocycles. The van der Waals surface area contributed by atoms with Crippen molar-refractivity contribution in [3.05, 3.63) is 65.1 Å². The van der Waals surface area contributed by atoms with Crippen LogP contribution in [0.2, 0.25) is 5.02 Å². The molecule has 0 unspecified atom stereocenters. The summed E-state index contributed by atoms with van der Waals surface area (Å²) in [6.45, 7) is 0.270. The first-order valence-corrected chi connectivity index (χ1v) is 6.70. The number of aromatic nitrogens is 2. The average molecular weight is 302 g/mol. The van der Waals surface area contributed by atoms with Crippen molar-refractivity contribution in [3.63, 3.8) is 0 Å². The van der Waals surface area contributed by atoms with E-state index in [1.54, 1.807) is 53.2 Å². The maximum absolute atomic E-state index is 12.0. The number of nitrogens with zero attached hydrogens (tertiary/aromatic N) is 2. The molecule has 3 aromatic rings. The molecule has 0 fully saturated rings. The van der Waals surface area contributed by atoms with Gasteiger partial charge >= 0.3 is 0 Å². The first kappa shape index (κ1) is 13.5. The number of imidazole rings is 1. The number of hydrogen-bond acceptors (Lipinski definition) is 3. The number of benzene rings is 1. The van der Waals surface area contributed by atoms with Crippen molar-refractivity contribution < 1.29 is 9.90 Å². The number of amides is 1. The normalized spacial score (nSPS) is 10.7. The third-order valence-electron chi connectivity index (χ3n) is 3.03. The number of carbonyl (C=O) groups excluding carboxylic acids is 1. The topological polar surface area (TPSA) is 66.6 Å². The van der Waals surface area contributed by atoms with Crippen LogP contribution in [0.1, 0.15) is 16.1 Å². The molecule has 3 rings (SSSR count). The maximum atomic E-state index is 12.0. The molecular weight excluding hydrogens is 290 g/mol. The number of rotatable bonds is 3. The van der Waals surface area contributed by atoms with Crippen molar-refractivity contribution in [2.24, 2.45) is 0 Å². The van der Waals surface area contributed by atoms with Gasteiger partial charge in [-0.15, -0.1) is 0 Å². The Kier molecular flexibility index (Phi) is 3.50. The standard InChI is InChI=1S/C15H12ClN3O2/c16-11-4-1-3-10(7-11)15(21)17-8-12-9-19-6-2-5-13(20)14(19)18-12/h1-7,9,20H,8H2,(H,17,21). The number of pyridine rings is 1. The smallest absolute Gasteiger partial charge is 0.251 e. The molecule has 0 spiro atoms. The minimum Gasteiger partial charge on any atom is -0.504 e. The van der Waals surface area contributed by atoms with Gasteiger partial charge in [0.2, 0.25) is 0 Å². The van der Waals surface area contributed by atoms with E-state index in [4.69, 9.17) is 11.6 Å². The van der Waals surface area contributed by atoms with Crippen LogP contribution in [0.5, 0.6) is 5.75 Å². The number of halogens is 1. The van der Waals surface area contributed by atoms with Crippen LogP contribution >= 0.6 is 11.6 Å². The third-order valence-corrected chi connectivity index (χ3v) is 3.26. The third kappa shape index (κ3) is 2.83. The molecular formula is C15H12ClN3O2. The van der Waals surface area contributed by atoms with Gasteiger partial charge in [-0.25, -0.2) is 4.98 Å². The van der Waals surface area contributed by atoms with Crippen LogP contribution in [0.15, 0.2) is 48.8 Å². The van der Waals surface area contributed by atoms with Gasteiger partial charge in [-0.3, -0.25) is 4.79 Å². The SMILES string of the molecule is O=C(NCc1cn2cccc(O)c2n1)c1cccc(Cl)c1. The lowest BCUT2D eigenvalue weighted by Crippen LogP contribution is -2.22. The molecule has 0 aliphatic heterocycles. The van der Waals surface area contributed by atoms with Gasteiger partial charge < -0.3 is 14.8 Å². The van der Waals surface area contributed by atoms with Crippen LogP contribution < -0.4 is 5.32 Å². The van der Waals surface area contributed by atoms with E-state index in [1.807, 2.05) is 0 Å². The summed E-state index contributed by atoms with van der Waals surface area (Å²) in [5.41, 5.74) is 1.62. The molecule has 0 saturated carbocycles. The Hall–Kier alpha value is -2.53. The van der Waals surface area contributed by atoms with Crippen LogP contribution in [0.25, 0.3) is 5.65 Å². The Morgan fingerprint density at radius 1 is 1.33 bits per heavy atom. The lowest BCUT2D eigenvalue weighted by molar-refractivity contribution is 0.0950. The van der Waals surface area contributed by atoms with Gasteiger partial charge in [-0.1, -0.05) is 17.7 Å². The van der Waals surface area contributed by atoms with E-state index >= 15 is 0 Å². The summed E-state index contributed by atoms with van der Waals surface area (Å²) >= 11 is 5.85. The Morgan fingerprint density at radius 2 is 2.19 bits per heavy atom. The summed E-state index contributed by atoms with van der Waals surface area (Å²) in [6.07, 6.45) is 3.54. The van der Waals surface area contributed by atoms with Crippen molar-refractivity contribution in [2.45, 2.75) is 6.54 Å². The largest absolute Gasteiger partial charge is 0.504 e. The highest BCUT2D eigenvalue weighted by atomic mass is 35.5. The van der Waals surface area contributed by atoms with E-state index in [0.717, 1.165) is 0 Å². The summed E-state index contributed by atoms with van der Waals surface area (Å²) in [4.78, 5) is 16.3. The van der Waals surface area contributed by atoms with Gasteiger partial charge in [0.25, 0.3) is 5.91 Å². The van der Waals surface area contributed by atoms with Gasteiger partial charge in [0.05, 0.1) is 12.2 Å². The molecule has 0 aliphatic rings. The van der Waals surface area contributed by atoms with E-state index in [1.165, 1.54) is 0 Å². The van der Waals surface area contributed by atoms with Gasteiger partial charge in [-0.2, -0.15) is 0 Å². The number of nitrogens with one attached hydrogen (secondary N) is 1. The Labute approximate surface area is 125 Å². The lowest BCUT2D eigenvalue weighted by Gasteiger charge is -2.03. The van der Waals surface area contributed by atoms with E-state index < -0.39 is 0 Å². The molecule has 2 N–H and O–H groups in total. The van der Waals surface area contributed by atoms with Crippen molar-refractivity contribution >= 4 is 23.2 Å². The second-order valence-electron chi connectivity index (χ2n) is 4.55. The summed E-state index contributed by atoms with van der Waals surface area (Å²) in [5.74, 6) is -0.122. The average Bonchev–Trinajstić information content (AvgIpc) is 2.89. The summed E-state index contributed by atoms with van der Waals surface area (Å²) in [5, 5.41) is 13.0. The number of carbonyl (C=O) groups is 1. The first-order valence-electron chi connectivity index (χ1n) is 6.33. The van der Waals surface area contributed by atoms with Crippen molar-refractivity contribution in [3.8, 4) is 5.75 Å². The molecule has 1 amide bonds. The van der Waals surface area contributed by atoms with Crippen LogP contribution in [0.3, 0.4) is 0 Å². The molecule has 21 heavy (non-hydrogen) atoms. The predicted molar refractivity (Wildman–Crippen MR) is 79.5 cm³/mol. The number of hydrogen-bond donors (Lipinski definition) is 2. The van der Waals surface area contributed by atoms with E-state index in [-0.39, 0.29) is 18.2 Å². The van der Waals surface area contributed by atoms with Gasteiger partial charge in [-0.05, 0) is 30.3 Å². The monoisotopic (exact) mass is 301 g/mol. The molecule has 2 aromatic heterocycles. The van der Waals surface area contributed by atoms with Crippen LogP contribution in [-0.4, -0.2) is 20.4 Å². The Balaban J connectivity index is 1.74. The molecule has 6 heteroatoms. The molecule has 0 atom stereocenters. The van der Waals surface area contributed by atoms with Gasteiger partial charge in [0.1, 0.15) is 0 Å². The second-order valence-corrected chi connectivity index (χ2v) is 4.99. The van der Waals surface area contributed by atoms with E-state index in [2.05, 4.69) is 10.3 Å². The summed E-state index contributed by atoms with van der Waals surface area (Å²) < 4.78 is 1.70. The first-order chi connectivity index (χ1) is 10.1. The fourth-order valence-corrected chi connectivity index (χ4v) is 2.23. The second kappa shape index (κ2) is 5.46.